The van der Waals surface area contributed by atoms with Gasteiger partial charge in [-0.25, -0.2) is 8.42 Å². The number of benzene rings is 2. The minimum atomic E-state index is -3.75. The number of anilines is 1. The smallest absolute Gasteiger partial charge is 0.262 e. The average molecular weight is 376 g/mol. The zero-order valence-corrected chi connectivity index (χ0v) is 14.7. The molecule has 0 unspecified atom stereocenters. The molecule has 0 fully saturated rings. The molecule has 0 radical (unpaired) electrons. The molecule has 136 valence electrons. The van der Waals surface area contributed by atoms with Gasteiger partial charge in [-0.15, -0.1) is 0 Å². The summed E-state index contributed by atoms with van der Waals surface area (Å²) in [4.78, 5) is 11.5. The summed E-state index contributed by atoms with van der Waals surface area (Å²) < 4.78 is 42.8. The molecule has 0 aliphatic carbocycles. The molecule has 2 aromatic carbocycles. The maximum absolute atomic E-state index is 12.9. The number of nitrogens with one attached hydrogen (secondary N) is 1. The molecule has 2 aliphatic heterocycles. The second kappa shape index (κ2) is 6.19. The van der Waals surface area contributed by atoms with Crippen LogP contribution >= 0.6 is 0 Å². The van der Waals surface area contributed by atoms with E-state index in [-0.39, 0.29) is 30.7 Å². The topological polar surface area (TPSA) is 94.2 Å². The van der Waals surface area contributed by atoms with Gasteiger partial charge in [-0.2, -0.15) is 4.31 Å². The van der Waals surface area contributed by atoms with Crippen LogP contribution in [0, 0.1) is 0 Å². The van der Waals surface area contributed by atoms with Gasteiger partial charge < -0.3 is 19.5 Å². The lowest BCUT2D eigenvalue weighted by Crippen LogP contribution is -2.28. The van der Waals surface area contributed by atoms with E-state index in [1.54, 1.807) is 18.2 Å². The van der Waals surface area contributed by atoms with Gasteiger partial charge in [0.1, 0.15) is 5.75 Å². The third kappa shape index (κ3) is 2.95. The Morgan fingerprint density at radius 2 is 1.81 bits per heavy atom. The number of hydrogen-bond donors (Lipinski definition) is 1. The van der Waals surface area contributed by atoms with Crippen LogP contribution in [-0.2, 0) is 21.4 Å². The number of carbonyl (C=O) groups is 1. The maximum atomic E-state index is 12.9. The van der Waals surface area contributed by atoms with Crippen LogP contribution in [0.2, 0.25) is 0 Å². The molecule has 1 amide bonds. The fourth-order valence-electron chi connectivity index (χ4n) is 2.78. The first-order chi connectivity index (χ1) is 12.4. The lowest BCUT2D eigenvalue weighted by atomic mass is 10.2. The Morgan fingerprint density at radius 3 is 2.65 bits per heavy atom. The molecule has 26 heavy (non-hydrogen) atoms. The highest BCUT2D eigenvalue weighted by molar-refractivity contribution is 7.89. The van der Waals surface area contributed by atoms with Gasteiger partial charge in [0.05, 0.1) is 10.6 Å². The molecule has 4 rings (SSSR count). The van der Waals surface area contributed by atoms with E-state index in [1.165, 1.54) is 29.6 Å². The first kappa shape index (κ1) is 16.7. The predicted molar refractivity (Wildman–Crippen MR) is 91.8 cm³/mol. The Morgan fingerprint density at radius 1 is 1.04 bits per heavy atom. The van der Waals surface area contributed by atoms with Crippen molar-refractivity contribution < 1.29 is 27.4 Å². The van der Waals surface area contributed by atoms with Crippen molar-refractivity contribution in [1.29, 1.82) is 0 Å². The van der Waals surface area contributed by atoms with E-state index in [1.807, 2.05) is 0 Å². The van der Waals surface area contributed by atoms with Gasteiger partial charge >= 0.3 is 0 Å². The SMILES string of the molecule is CN(Cc1ccc2c(c1)OCO2)S(=O)(=O)c1ccc2c(c1)NC(=O)CO2. The number of hydrogen-bond acceptors (Lipinski definition) is 6. The zero-order valence-electron chi connectivity index (χ0n) is 13.9. The molecule has 2 aliphatic rings. The van der Waals surface area contributed by atoms with Gasteiger partial charge in [-0.05, 0) is 35.9 Å². The van der Waals surface area contributed by atoms with Gasteiger partial charge in [-0.3, -0.25) is 4.79 Å². The number of fused-ring (bicyclic) bond motifs is 2. The quantitative estimate of drug-likeness (QED) is 0.870. The Kier molecular flexibility index (Phi) is 3.97. The first-order valence-electron chi connectivity index (χ1n) is 7.85. The van der Waals surface area contributed by atoms with Crippen LogP contribution in [0.5, 0.6) is 17.2 Å². The highest BCUT2D eigenvalue weighted by Gasteiger charge is 2.25. The monoisotopic (exact) mass is 376 g/mol. The number of sulfonamides is 1. The minimum absolute atomic E-state index is 0.0743. The van der Waals surface area contributed by atoms with Gasteiger partial charge in [0.25, 0.3) is 5.91 Å². The molecule has 2 heterocycles. The van der Waals surface area contributed by atoms with Crippen molar-refractivity contribution in [2.45, 2.75) is 11.4 Å². The Bertz CT molecular complexity index is 989. The summed E-state index contributed by atoms with van der Waals surface area (Å²) >= 11 is 0. The molecule has 0 saturated heterocycles. The lowest BCUT2D eigenvalue weighted by molar-refractivity contribution is -0.118. The molecule has 0 spiro atoms. The second-order valence-corrected chi connectivity index (χ2v) is 7.99. The highest BCUT2D eigenvalue weighted by atomic mass is 32.2. The van der Waals surface area contributed by atoms with Crippen molar-refractivity contribution in [3.63, 3.8) is 0 Å². The van der Waals surface area contributed by atoms with E-state index in [9.17, 15) is 13.2 Å². The van der Waals surface area contributed by atoms with Crippen molar-refractivity contribution in [2.24, 2.45) is 0 Å². The van der Waals surface area contributed by atoms with E-state index in [0.717, 1.165) is 5.56 Å². The second-order valence-electron chi connectivity index (χ2n) is 5.94. The molecule has 1 N–H and O–H groups in total. The van der Waals surface area contributed by atoms with Gasteiger partial charge in [0, 0.05) is 13.6 Å². The third-order valence-electron chi connectivity index (χ3n) is 4.13. The van der Waals surface area contributed by atoms with Crippen LogP contribution in [0.25, 0.3) is 0 Å². The Hall–Kier alpha value is -2.78. The summed E-state index contributed by atoms with van der Waals surface area (Å²) in [5.74, 6) is 1.37. The van der Waals surface area contributed by atoms with Crippen molar-refractivity contribution in [2.75, 3.05) is 25.8 Å². The van der Waals surface area contributed by atoms with Gasteiger partial charge in [-0.1, -0.05) is 6.07 Å². The van der Waals surface area contributed by atoms with Crippen LogP contribution in [0.1, 0.15) is 5.56 Å². The average Bonchev–Trinajstić information content (AvgIpc) is 3.08. The van der Waals surface area contributed by atoms with Crippen molar-refractivity contribution in [3.05, 3.63) is 42.0 Å². The van der Waals surface area contributed by atoms with Crippen LogP contribution in [0.4, 0.5) is 5.69 Å². The Labute approximate surface area is 150 Å². The number of ether oxygens (including phenoxy) is 3. The van der Waals surface area contributed by atoms with Crippen molar-refractivity contribution in [1.82, 2.24) is 4.31 Å². The number of nitrogens with zero attached hydrogens (tertiary/aromatic N) is 1. The maximum Gasteiger partial charge on any atom is 0.262 e. The van der Waals surface area contributed by atoms with Gasteiger partial charge in [0.2, 0.25) is 16.8 Å². The molecular formula is C17H16N2O6S. The predicted octanol–water partition coefficient (Wildman–Crippen LogP) is 1.57. The normalized spacial score (nSPS) is 15.4. The van der Waals surface area contributed by atoms with E-state index in [0.29, 0.717) is 22.9 Å². The van der Waals surface area contributed by atoms with E-state index >= 15 is 0 Å². The van der Waals surface area contributed by atoms with E-state index in [4.69, 9.17) is 14.2 Å². The standard InChI is InChI=1S/C17H16N2O6S/c1-19(8-11-2-4-15-16(6-11)25-10-24-15)26(21,22)12-3-5-14-13(7-12)18-17(20)9-23-14/h2-7H,8-10H2,1H3,(H,18,20). The largest absolute Gasteiger partial charge is 0.482 e. The summed E-state index contributed by atoms with van der Waals surface area (Å²) in [6.45, 7) is 0.248. The van der Waals surface area contributed by atoms with Crippen LogP contribution in [0.3, 0.4) is 0 Å². The first-order valence-corrected chi connectivity index (χ1v) is 9.29. The Balaban J connectivity index is 1.58. The lowest BCUT2D eigenvalue weighted by Gasteiger charge is -2.21. The fraction of sp³-hybridized carbons (Fsp3) is 0.235. The van der Waals surface area contributed by atoms with Crippen LogP contribution in [-0.4, -0.2) is 39.1 Å². The van der Waals surface area contributed by atoms with E-state index in [2.05, 4.69) is 5.32 Å². The number of amides is 1. The van der Waals surface area contributed by atoms with Crippen molar-refractivity contribution >= 4 is 21.6 Å². The molecule has 9 heteroatoms. The van der Waals surface area contributed by atoms with Crippen molar-refractivity contribution in [3.8, 4) is 17.2 Å². The molecule has 0 bridgehead atoms. The summed E-state index contributed by atoms with van der Waals surface area (Å²) in [5, 5.41) is 2.61. The zero-order chi connectivity index (χ0) is 18.3. The summed E-state index contributed by atoms with van der Waals surface area (Å²) in [6.07, 6.45) is 0. The van der Waals surface area contributed by atoms with Crippen LogP contribution < -0.4 is 19.5 Å². The number of carbonyl (C=O) groups excluding carboxylic acids is 1. The highest BCUT2D eigenvalue weighted by Crippen LogP contribution is 2.34. The fourth-order valence-corrected chi connectivity index (χ4v) is 3.97. The molecule has 0 aromatic heterocycles. The molecular weight excluding hydrogens is 360 g/mol. The number of rotatable bonds is 4. The summed E-state index contributed by atoms with van der Waals surface area (Å²) in [5.41, 5.74) is 1.12. The third-order valence-corrected chi connectivity index (χ3v) is 5.93. The summed E-state index contributed by atoms with van der Waals surface area (Å²) in [6, 6.07) is 9.70. The molecule has 8 nitrogen and oxygen atoms in total. The molecule has 0 saturated carbocycles. The molecule has 2 aromatic rings. The van der Waals surface area contributed by atoms with Crippen LogP contribution in [0.15, 0.2) is 41.3 Å². The minimum Gasteiger partial charge on any atom is -0.482 e. The van der Waals surface area contributed by atoms with E-state index < -0.39 is 10.0 Å². The van der Waals surface area contributed by atoms with Gasteiger partial charge in [0.15, 0.2) is 18.1 Å². The summed E-state index contributed by atoms with van der Waals surface area (Å²) in [7, 11) is -2.25. The molecule has 0 atom stereocenters.